The highest BCUT2D eigenvalue weighted by Crippen LogP contribution is 2.38. The SMILES string of the molecule is CC(C)n1c2ccccc2c2c(Cl)nc3ccccc3c21. The molecule has 0 aliphatic rings. The second-order valence-electron chi connectivity index (χ2n) is 5.62. The normalized spacial score (nSPS) is 12.0. The Morgan fingerprint density at radius 2 is 1.62 bits per heavy atom. The van der Waals surface area contributed by atoms with Crippen LogP contribution in [0, 0.1) is 0 Å². The average molecular weight is 295 g/mol. The lowest BCUT2D eigenvalue weighted by Gasteiger charge is -2.13. The Bertz CT molecular complexity index is 983. The monoisotopic (exact) mass is 294 g/mol. The van der Waals surface area contributed by atoms with E-state index in [-0.39, 0.29) is 0 Å². The van der Waals surface area contributed by atoms with Gasteiger partial charge in [-0.15, -0.1) is 0 Å². The average Bonchev–Trinajstić information content (AvgIpc) is 2.83. The lowest BCUT2D eigenvalue weighted by Crippen LogP contribution is -2.00. The van der Waals surface area contributed by atoms with Crippen LogP contribution in [0.3, 0.4) is 0 Å². The molecule has 2 aromatic heterocycles. The van der Waals surface area contributed by atoms with Gasteiger partial charge in [0, 0.05) is 27.7 Å². The highest BCUT2D eigenvalue weighted by molar-refractivity contribution is 6.38. The van der Waals surface area contributed by atoms with Crippen molar-refractivity contribution in [3.8, 4) is 0 Å². The van der Waals surface area contributed by atoms with E-state index >= 15 is 0 Å². The number of benzene rings is 2. The molecule has 2 aromatic carbocycles. The van der Waals surface area contributed by atoms with E-state index in [1.54, 1.807) is 0 Å². The second-order valence-corrected chi connectivity index (χ2v) is 5.98. The zero-order valence-electron chi connectivity index (χ0n) is 12.0. The third-order valence-electron chi connectivity index (χ3n) is 4.01. The van der Waals surface area contributed by atoms with Crippen LogP contribution in [0.1, 0.15) is 19.9 Å². The van der Waals surface area contributed by atoms with Crippen LogP contribution in [0.2, 0.25) is 5.15 Å². The summed E-state index contributed by atoms with van der Waals surface area (Å²) in [6.45, 7) is 4.41. The Morgan fingerprint density at radius 1 is 0.952 bits per heavy atom. The number of hydrogen-bond acceptors (Lipinski definition) is 1. The minimum Gasteiger partial charge on any atom is -0.337 e. The highest BCUT2D eigenvalue weighted by atomic mass is 35.5. The Labute approximate surface area is 128 Å². The molecule has 4 rings (SSSR count). The van der Waals surface area contributed by atoms with Crippen LogP contribution < -0.4 is 0 Å². The van der Waals surface area contributed by atoms with E-state index in [1.165, 1.54) is 16.4 Å². The standard InChI is InChI=1S/C18H15ClN2/c1-11(2)21-15-10-6-4-8-13(15)16-17(21)12-7-3-5-9-14(12)20-18(16)19/h3-11H,1-2H3. The summed E-state index contributed by atoms with van der Waals surface area (Å²) in [5.41, 5.74) is 3.34. The Balaban J connectivity index is 2.40. The fourth-order valence-electron chi connectivity index (χ4n) is 3.21. The minimum absolute atomic E-state index is 0.356. The molecule has 0 amide bonds. The van der Waals surface area contributed by atoms with Gasteiger partial charge in [-0.25, -0.2) is 4.98 Å². The molecule has 0 aliphatic carbocycles. The molecule has 2 heterocycles. The van der Waals surface area contributed by atoms with Gasteiger partial charge in [-0.3, -0.25) is 0 Å². The van der Waals surface area contributed by atoms with E-state index in [1.807, 2.05) is 12.1 Å². The van der Waals surface area contributed by atoms with Crippen molar-refractivity contribution in [3.05, 3.63) is 53.7 Å². The second kappa shape index (κ2) is 4.47. The fraction of sp³-hybridized carbons (Fsp3) is 0.167. The lowest BCUT2D eigenvalue weighted by molar-refractivity contribution is 0.643. The molecule has 4 aromatic rings. The summed E-state index contributed by atoms with van der Waals surface area (Å²) >= 11 is 6.51. The number of halogens is 1. The van der Waals surface area contributed by atoms with Gasteiger partial charge in [-0.05, 0) is 26.0 Å². The summed E-state index contributed by atoms with van der Waals surface area (Å²) in [5.74, 6) is 0. The van der Waals surface area contributed by atoms with Gasteiger partial charge >= 0.3 is 0 Å². The molecule has 104 valence electrons. The summed E-state index contributed by atoms with van der Waals surface area (Å²) in [6, 6.07) is 17.0. The molecule has 0 fully saturated rings. The van der Waals surface area contributed by atoms with Gasteiger partial charge in [-0.2, -0.15) is 0 Å². The van der Waals surface area contributed by atoms with Gasteiger partial charge in [-0.1, -0.05) is 48.0 Å². The number of aromatic nitrogens is 2. The van der Waals surface area contributed by atoms with Crippen molar-refractivity contribution in [2.45, 2.75) is 19.9 Å². The van der Waals surface area contributed by atoms with Crippen molar-refractivity contribution < 1.29 is 0 Å². The molecule has 0 saturated carbocycles. The van der Waals surface area contributed by atoms with Gasteiger partial charge in [0.1, 0.15) is 5.15 Å². The molecular formula is C18H15ClN2. The van der Waals surface area contributed by atoms with Crippen LogP contribution in [0.5, 0.6) is 0 Å². The number of fused-ring (bicyclic) bond motifs is 5. The summed E-state index contributed by atoms with van der Waals surface area (Å²) in [7, 11) is 0. The zero-order chi connectivity index (χ0) is 14.6. The molecule has 0 bridgehead atoms. The maximum atomic E-state index is 6.51. The van der Waals surface area contributed by atoms with Gasteiger partial charge in [0.05, 0.1) is 11.0 Å². The number of hydrogen-bond donors (Lipinski definition) is 0. The van der Waals surface area contributed by atoms with Crippen molar-refractivity contribution in [1.82, 2.24) is 9.55 Å². The number of rotatable bonds is 1. The van der Waals surface area contributed by atoms with Crippen molar-refractivity contribution >= 4 is 44.3 Å². The van der Waals surface area contributed by atoms with Crippen LogP contribution in [0.25, 0.3) is 32.7 Å². The summed E-state index contributed by atoms with van der Waals surface area (Å²) in [4.78, 5) is 4.58. The maximum absolute atomic E-state index is 6.51. The van der Waals surface area contributed by atoms with E-state index in [0.717, 1.165) is 16.3 Å². The van der Waals surface area contributed by atoms with E-state index in [0.29, 0.717) is 11.2 Å². The van der Waals surface area contributed by atoms with Crippen LogP contribution >= 0.6 is 11.6 Å². The third kappa shape index (κ3) is 1.69. The Kier molecular flexibility index (Phi) is 2.69. The zero-order valence-corrected chi connectivity index (χ0v) is 12.7. The minimum atomic E-state index is 0.356. The molecule has 0 atom stereocenters. The largest absolute Gasteiger partial charge is 0.337 e. The van der Waals surface area contributed by atoms with Crippen molar-refractivity contribution in [2.75, 3.05) is 0 Å². The molecular weight excluding hydrogens is 280 g/mol. The number of nitrogens with zero attached hydrogens (tertiary/aromatic N) is 2. The van der Waals surface area contributed by atoms with Crippen molar-refractivity contribution in [2.24, 2.45) is 0 Å². The van der Waals surface area contributed by atoms with Gasteiger partial charge in [0.25, 0.3) is 0 Å². The van der Waals surface area contributed by atoms with Crippen molar-refractivity contribution in [1.29, 1.82) is 0 Å². The first-order chi connectivity index (χ1) is 10.2. The number of pyridine rings is 1. The van der Waals surface area contributed by atoms with Crippen LogP contribution in [0.15, 0.2) is 48.5 Å². The molecule has 0 aliphatic heterocycles. The topological polar surface area (TPSA) is 17.8 Å². The van der Waals surface area contributed by atoms with Crippen LogP contribution in [-0.2, 0) is 0 Å². The summed E-state index contributed by atoms with van der Waals surface area (Å²) < 4.78 is 2.36. The van der Waals surface area contributed by atoms with Crippen molar-refractivity contribution in [3.63, 3.8) is 0 Å². The molecule has 2 nitrogen and oxygen atoms in total. The molecule has 0 saturated heterocycles. The van der Waals surface area contributed by atoms with Gasteiger partial charge in [0.2, 0.25) is 0 Å². The quantitative estimate of drug-likeness (QED) is 0.419. The smallest absolute Gasteiger partial charge is 0.139 e. The molecule has 21 heavy (non-hydrogen) atoms. The van der Waals surface area contributed by atoms with E-state index < -0.39 is 0 Å². The predicted octanol–water partition coefficient (Wildman–Crippen LogP) is 5.58. The summed E-state index contributed by atoms with van der Waals surface area (Å²) in [6.07, 6.45) is 0. The first-order valence-electron chi connectivity index (χ1n) is 7.15. The third-order valence-corrected chi connectivity index (χ3v) is 4.28. The summed E-state index contributed by atoms with van der Waals surface area (Å²) in [5, 5.41) is 3.96. The predicted molar refractivity (Wildman–Crippen MR) is 90.1 cm³/mol. The lowest BCUT2D eigenvalue weighted by atomic mass is 10.1. The van der Waals surface area contributed by atoms with Gasteiger partial charge < -0.3 is 4.57 Å². The molecule has 0 unspecified atom stereocenters. The maximum Gasteiger partial charge on any atom is 0.139 e. The van der Waals surface area contributed by atoms with Crippen LogP contribution in [0.4, 0.5) is 0 Å². The first kappa shape index (κ1) is 12.7. The fourth-order valence-corrected chi connectivity index (χ4v) is 3.49. The first-order valence-corrected chi connectivity index (χ1v) is 7.53. The van der Waals surface area contributed by atoms with E-state index in [2.05, 4.69) is 59.8 Å². The van der Waals surface area contributed by atoms with Gasteiger partial charge in [0.15, 0.2) is 0 Å². The number of para-hydroxylation sites is 2. The van der Waals surface area contributed by atoms with E-state index in [4.69, 9.17) is 11.6 Å². The Hall–Kier alpha value is -2.06. The molecule has 3 heteroatoms. The highest BCUT2D eigenvalue weighted by Gasteiger charge is 2.18. The van der Waals surface area contributed by atoms with E-state index in [9.17, 15) is 0 Å². The van der Waals surface area contributed by atoms with Crippen LogP contribution in [-0.4, -0.2) is 9.55 Å². The Morgan fingerprint density at radius 3 is 2.38 bits per heavy atom. The molecule has 0 N–H and O–H groups in total. The molecule has 0 radical (unpaired) electrons. The molecule has 0 spiro atoms.